The van der Waals surface area contributed by atoms with Gasteiger partial charge in [-0.2, -0.15) is 0 Å². The van der Waals surface area contributed by atoms with E-state index in [-0.39, 0.29) is 0 Å². The molecule has 4 unspecified atom stereocenters. The molecule has 2 nitrogen and oxygen atoms in total. The van der Waals surface area contributed by atoms with Gasteiger partial charge in [0.05, 0.1) is 5.60 Å². The van der Waals surface area contributed by atoms with Gasteiger partial charge in [-0.25, -0.2) is 0 Å². The second-order valence-electron chi connectivity index (χ2n) is 5.93. The molecule has 1 aliphatic carbocycles. The highest BCUT2D eigenvalue weighted by atomic mass is 16.3. The third-order valence-electron chi connectivity index (χ3n) is 4.94. The SMILES string of the molecule is CCC1CCNC(C2(O)CCC(CC)C2)C1. The summed E-state index contributed by atoms with van der Waals surface area (Å²) in [6.07, 6.45) is 8.24. The zero-order valence-corrected chi connectivity index (χ0v) is 10.8. The number of rotatable bonds is 3. The fourth-order valence-corrected chi connectivity index (χ4v) is 3.60. The molecule has 1 saturated heterocycles. The monoisotopic (exact) mass is 225 g/mol. The van der Waals surface area contributed by atoms with E-state index in [0.717, 1.165) is 31.2 Å². The molecule has 0 amide bonds. The lowest BCUT2D eigenvalue weighted by Crippen LogP contribution is -2.53. The van der Waals surface area contributed by atoms with Crippen LogP contribution in [-0.2, 0) is 0 Å². The third-order valence-corrected chi connectivity index (χ3v) is 4.94. The Kier molecular flexibility index (Phi) is 3.91. The van der Waals surface area contributed by atoms with Gasteiger partial charge in [0.2, 0.25) is 0 Å². The van der Waals surface area contributed by atoms with Crippen molar-refractivity contribution in [2.45, 2.75) is 70.4 Å². The normalized spacial score (nSPS) is 44.8. The molecule has 2 N–H and O–H groups in total. The Morgan fingerprint density at radius 3 is 2.56 bits per heavy atom. The van der Waals surface area contributed by atoms with Crippen LogP contribution >= 0.6 is 0 Å². The van der Waals surface area contributed by atoms with E-state index in [1.165, 1.54) is 32.1 Å². The van der Waals surface area contributed by atoms with Crippen molar-refractivity contribution in [3.63, 3.8) is 0 Å². The number of piperidine rings is 1. The van der Waals surface area contributed by atoms with Crippen molar-refractivity contribution in [2.24, 2.45) is 11.8 Å². The van der Waals surface area contributed by atoms with Crippen LogP contribution in [0.1, 0.15) is 58.8 Å². The first-order valence-electron chi connectivity index (χ1n) is 7.13. The summed E-state index contributed by atoms with van der Waals surface area (Å²) in [5.41, 5.74) is -0.394. The maximum absolute atomic E-state index is 10.8. The van der Waals surface area contributed by atoms with E-state index in [2.05, 4.69) is 19.2 Å². The number of hydrogen-bond donors (Lipinski definition) is 2. The average Bonchev–Trinajstić information content (AvgIpc) is 2.73. The number of aliphatic hydroxyl groups is 1. The van der Waals surface area contributed by atoms with Gasteiger partial charge in [0, 0.05) is 6.04 Å². The molecule has 0 radical (unpaired) electrons. The Morgan fingerprint density at radius 1 is 1.19 bits per heavy atom. The van der Waals surface area contributed by atoms with Crippen LogP contribution in [0.4, 0.5) is 0 Å². The molecule has 4 atom stereocenters. The van der Waals surface area contributed by atoms with Crippen LogP contribution in [0.5, 0.6) is 0 Å². The van der Waals surface area contributed by atoms with Gasteiger partial charge in [-0.05, 0) is 50.5 Å². The van der Waals surface area contributed by atoms with Gasteiger partial charge >= 0.3 is 0 Å². The summed E-state index contributed by atoms with van der Waals surface area (Å²) in [7, 11) is 0. The van der Waals surface area contributed by atoms with E-state index in [1.807, 2.05) is 0 Å². The molecule has 2 fully saturated rings. The van der Waals surface area contributed by atoms with Crippen LogP contribution in [0.2, 0.25) is 0 Å². The zero-order valence-electron chi connectivity index (χ0n) is 10.8. The minimum Gasteiger partial charge on any atom is -0.388 e. The molecular formula is C14H27NO. The second kappa shape index (κ2) is 5.05. The van der Waals surface area contributed by atoms with E-state index in [4.69, 9.17) is 0 Å². The first-order chi connectivity index (χ1) is 7.68. The van der Waals surface area contributed by atoms with E-state index in [9.17, 15) is 5.11 Å². The van der Waals surface area contributed by atoms with Crippen molar-refractivity contribution in [2.75, 3.05) is 6.54 Å². The lowest BCUT2D eigenvalue weighted by molar-refractivity contribution is -0.0124. The summed E-state index contributed by atoms with van der Waals surface area (Å²) >= 11 is 0. The highest BCUT2D eigenvalue weighted by molar-refractivity contribution is 5.00. The Hall–Kier alpha value is -0.0800. The second-order valence-corrected chi connectivity index (χ2v) is 5.93. The van der Waals surface area contributed by atoms with Gasteiger partial charge in [-0.15, -0.1) is 0 Å². The van der Waals surface area contributed by atoms with E-state index >= 15 is 0 Å². The third kappa shape index (κ3) is 2.43. The van der Waals surface area contributed by atoms with Gasteiger partial charge in [0.25, 0.3) is 0 Å². The number of hydrogen-bond acceptors (Lipinski definition) is 2. The molecule has 1 aliphatic heterocycles. The maximum atomic E-state index is 10.8. The predicted octanol–water partition coefficient (Wildman–Crippen LogP) is 2.71. The van der Waals surface area contributed by atoms with E-state index in [1.54, 1.807) is 0 Å². The molecule has 1 saturated carbocycles. The van der Waals surface area contributed by atoms with Gasteiger partial charge in [-0.3, -0.25) is 0 Å². The smallest absolute Gasteiger partial charge is 0.0802 e. The van der Waals surface area contributed by atoms with Crippen molar-refractivity contribution >= 4 is 0 Å². The maximum Gasteiger partial charge on any atom is 0.0802 e. The topological polar surface area (TPSA) is 32.3 Å². The average molecular weight is 225 g/mol. The van der Waals surface area contributed by atoms with Crippen molar-refractivity contribution in [1.29, 1.82) is 0 Å². The Bertz CT molecular complexity index is 231. The Morgan fingerprint density at radius 2 is 1.94 bits per heavy atom. The summed E-state index contributed by atoms with van der Waals surface area (Å²) in [6, 6.07) is 0.364. The summed E-state index contributed by atoms with van der Waals surface area (Å²) in [6.45, 7) is 5.63. The first-order valence-corrected chi connectivity index (χ1v) is 7.13. The van der Waals surface area contributed by atoms with Crippen LogP contribution in [0, 0.1) is 11.8 Å². The molecule has 1 heterocycles. The lowest BCUT2D eigenvalue weighted by Gasteiger charge is -2.39. The Labute approximate surface area is 99.8 Å². The van der Waals surface area contributed by atoms with Gasteiger partial charge in [0.1, 0.15) is 0 Å². The van der Waals surface area contributed by atoms with Gasteiger partial charge in [-0.1, -0.05) is 26.7 Å². The first kappa shape index (κ1) is 12.4. The molecule has 2 aliphatic rings. The number of nitrogens with one attached hydrogen (secondary N) is 1. The molecule has 0 aromatic heterocycles. The minimum atomic E-state index is -0.394. The molecule has 2 heteroatoms. The van der Waals surface area contributed by atoms with Crippen molar-refractivity contribution < 1.29 is 5.11 Å². The van der Waals surface area contributed by atoms with Crippen molar-refractivity contribution in [3.05, 3.63) is 0 Å². The fraction of sp³-hybridized carbons (Fsp3) is 1.00. The van der Waals surface area contributed by atoms with Crippen LogP contribution in [0.25, 0.3) is 0 Å². The highest BCUT2D eigenvalue weighted by Gasteiger charge is 2.44. The predicted molar refractivity (Wildman–Crippen MR) is 67.4 cm³/mol. The minimum absolute atomic E-state index is 0.364. The van der Waals surface area contributed by atoms with E-state index in [0.29, 0.717) is 6.04 Å². The zero-order chi connectivity index (χ0) is 11.6. The molecule has 0 bridgehead atoms. The fourth-order valence-electron chi connectivity index (χ4n) is 3.60. The molecule has 16 heavy (non-hydrogen) atoms. The van der Waals surface area contributed by atoms with Crippen LogP contribution in [-0.4, -0.2) is 23.3 Å². The van der Waals surface area contributed by atoms with Crippen molar-refractivity contribution in [1.82, 2.24) is 5.32 Å². The summed E-state index contributed by atoms with van der Waals surface area (Å²) < 4.78 is 0. The van der Waals surface area contributed by atoms with Gasteiger partial charge in [0.15, 0.2) is 0 Å². The molecule has 0 aromatic rings. The molecular weight excluding hydrogens is 198 g/mol. The van der Waals surface area contributed by atoms with Crippen LogP contribution in [0.3, 0.4) is 0 Å². The standard InChI is InChI=1S/C14H27NO/c1-3-11-6-8-15-13(9-11)14(16)7-5-12(4-2)10-14/h11-13,15-16H,3-10H2,1-2H3. The summed E-state index contributed by atoms with van der Waals surface area (Å²) in [5, 5.41) is 14.3. The quantitative estimate of drug-likeness (QED) is 0.774. The lowest BCUT2D eigenvalue weighted by atomic mass is 9.80. The van der Waals surface area contributed by atoms with Gasteiger partial charge < -0.3 is 10.4 Å². The summed E-state index contributed by atoms with van der Waals surface area (Å²) in [4.78, 5) is 0. The molecule has 2 rings (SSSR count). The van der Waals surface area contributed by atoms with Crippen LogP contribution < -0.4 is 5.32 Å². The highest BCUT2D eigenvalue weighted by Crippen LogP contribution is 2.41. The summed E-state index contributed by atoms with van der Waals surface area (Å²) in [5.74, 6) is 1.59. The molecule has 0 aromatic carbocycles. The molecule has 0 spiro atoms. The van der Waals surface area contributed by atoms with Crippen molar-refractivity contribution in [3.8, 4) is 0 Å². The van der Waals surface area contributed by atoms with E-state index < -0.39 is 5.60 Å². The Balaban J connectivity index is 1.95. The molecule has 94 valence electrons. The largest absolute Gasteiger partial charge is 0.388 e. The van der Waals surface area contributed by atoms with Crippen LogP contribution in [0.15, 0.2) is 0 Å².